The van der Waals surface area contributed by atoms with Crippen LogP contribution in [0.3, 0.4) is 0 Å². The number of halogens is 1. The van der Waals surface area contributed by atoms with E-state index in [2.05, 4.69) is 10.2 Å². The Hall–Kier alpha value is -1.88. The van der Waals surface area contributed by atoms with E-state index in [0.717, 1.165) is 0 Å². The number of methoxy groups -OCH3 is 1. The van der Waals surface area contributed by atoms with Crippen LogP contribution in [-0.4, -0.2) is 22.4 Å². The fraction of sp³-hybridized carbons (Fsp3) is 0.100. The number of aromatic amines is 1. The van der Waals surface area contributed by atoms with Crippen molar-refractivity contribution in [3.8, 4) is 22.8 Å². The molecular weight excluding hydrogens is 230 g/mol. The minimum Gasteiger partial charge on any atom is -0.504 e. The summed E-state index contributed by atoms with van der Waals surface area (Å²) in [6.07, 6.45) is 0. The Bertz CT molecular complexity index is 525. The zero-order valence-corrected chi connectivity index (χ0v) is 9.25. The third-order valence-electron chi connectivity index (χ3n) is 2.18. The summed E-state index contributed by atoms with van der Waals surface area (Å²) in [4.78, 5) is 0. The van der Waals surface area contributed by atoms with Crippen molar-refractivity contribution >= 4 is 17.4 Å². The van der Waals surface area contributed by atoms with Crippen LogP contribution in [0.25, 0.3) is 11.3 Å². The molecule has 16 heavy (non-hydrogen) atoms. The van der Waals surface area contributed by atoms with Crippen molar-refractivity contribution in [1.29, 1.82) is 0 Å². The van der Waals surface area contributed by atoms with Crippen molar-refractivity contribution in [1.82, 2.24) is 10.2 Å². The van der Waals surface area contributed by atoms with Gasteiger partial charge < -0.3 is 15.6 Å². The largest absolute Gasteiger partial charge is 0.504 e. The summed E-state index contributed by atoms with van der Waals surface area (Å²) in [7, 11) is 1.44. The minimum atomic E-state index is -0.0429. The lowest BCUT2D eigenvalue weighted by atomic mass is 10.1. The van der Waals surface area contributed by atoms with Crippen LogP contribution < -0.4 is 10.5 Å². The second kappa shape index (κ2) is 3.94. The Kier molecular flexibility index (Phi) is 2.62. The van der Waals surface area contributed by atoms with Crippen molar-refractivity contribution in [2.45, 2.75) is 0 Å². The first kappa shape index (κ1) is 10.6. The van der Waals surface area contributed by atoms with Crippen LogP contribution in [0.15, 0.2) is 18.2 Å². The van der Waals surface area contributed by atoms with E-state index >= 15 is 0 Å². The van der Waals surface area contributed by atoms with Crippen LogP contribution in [0, 0.1) is 0 Å². The normalized spacial score (nSPS) is 10.4. The Morgan fingerprint density at radius 2 is 2.25 bits per heavy atom. The molecule has 0 aliphatic rings. The molecule has 2 rings (SSSR count). The lowest BCUT2D eigenvalue weighted by Gasteiger charge is -2.08. The van der Waals surface area contributed by atoms with E-state index < -0.39 is 0 Å². The number of aromatic nitrogens is 2. The number of benzene rings is 1. The highest BCUT2D eigenvalue weighted by atomic mass is 35.5. The average Bonchev–Trinajstić information content (AvgIpc) is 2.65. The number of aromatic hydroxyl groups is 1. The summed E-state index contributed by atoms with van der Waals surface area (Å²) >= 11 is 5.86. The van der Waals surface area contributed by atoms with E-state index in [1.54, 1.807) is 18.2 Å². The molecule has 84 valence electrons. The van der Waals surface area contributed by atoms with Gasteiger partial charge in [0.2, 0.25) is 0 Å². The molecule has 0 aliphatic carbocycles. The first-order chi connectivity index (χ1) is 7.63. The van der Waals surface area contributed by atoms with Crippen molar-refractivity contribution < 1.29 is 9.84 Å². The summed E-state index contributed by atoms with van der Waals surface area (Å²) in [6.45, 7) is 0. The molecule has 0 unspecified atom stereocenters. The standard InChI is InChI=1S/C10H10ClN3O2/c1-16-10-6(11)3-2-5(9(10)15)7-4-8(12)14-13-7/h2-4,15H,1H3,(H3,12,13,14). The molecule has 0 fully saturated rings. The SMILES string of the molecule is COc1c(Cl)ccc(-c2cc(N)n[nH]2)c1O. The highest BCUT2D eigenvalue weighted by Gasteiger charge is 2.14. The number of rotatable bonds is 2. The Balaban J connectivity index is 2.58. The maximum atomic E-state index is 9.93. The highest BCUT2D eigenvalue weighted by molar-refractivity contribution is 6.32. The van der Waals surface area contributed by atoms with E-state index in [9.17, 15) is 5.11 Å². The Morgan fingerprint density at radius 3 is 2.81 bits per heavy atom. The second-order valence-electron chi connectivity index (χ2n) is 3.18. The van der Waals surface area contributed by atoms with Crippen LogP contribution in [0.1, 0.15) is 0 Å². The van der Waals surface area contributed by atoms with Crippen LogP contribution in [0.4, 0.5) is 5.82 Å². The van der Waals surface area contributed by atoms with Crippen LogP contribution in [0.5, 0.6) is 11.5 Å². The molecule has 4 N–H and O–H groups in total. The molecule has 0 aliphatic heterocycles. The van der Waals surface area contributed by atoms with E-state index in [-0.39, 0.29) is 11.5 Å². The van der Waals surface area contributed by atoms with Gasteiger partial charge in [0.05, 0.1) is 17.8 Å². The van der Waals surface area contributed by atoms with Crippen LogP contribution >= 0.6 is 11.6 Å². The predicted molar refractivity (Wildman–Crippen MR) is 61.7 cm³/mol. The predicted octanol–water partition coefficient (Wildman–Crippen LogP) is 2.03. The second-order valence-corrected chi connectivity index (χ2v) is 3.59. The molecule has 0 radical (unpaired) electrons. The molecule has 0 saturated carbocycles. The number of nitrogen functional groups attached to an aromatic ring is 1. The molecule has 0 bridgehead atoms. The number of hydrogen-bond acceptors (Lipinski definition) is 4. The molecule has 0 saturated heterocycles. The number of H-pyrrole nitrogens is 1. The number of nitrogens with one attached hydrogen (secondary N) is 1. The third-order valence-corrected chi connectivity index (χ3v) is 2.47. The van der Waals surface area contributed by atoms with Gasteiger partial charge in [-0.1, -0.05) is 11.6 Å². The number of phenolic OH excluding ortho intramolecular Hbond substituents is 1. The molecule has 1 aromatic heterocycles. The summed E-state index contributed by atoms with van der Waals surface area (Å²) < 4.78 is 5.00. The molecule has 6 heteroatoms. The molecule has 1 aromatic carbocycles. The summed E-state index contributed by atoms with van der Waals surface area (Å²) in [5.74, 6) is 0.536. The van der Waals surface area contributed by atoms with Gasteiger partial charge in [-0.3, -0.25) is 5.10 Å². The molecule has 5 nitrogen and oxygen atoms in total. The number of phenols is 1. The van der Waals surface area contributed by atoms with Gasteiger partial charge >= 0.3 is 0 Å². The van der Waals surface area contributed by atoms with Gasteiger partial charge in [-0.2, -0.15) is 5.10 Å². The number of anilines is 1. The monoisotopic (exact) mass is 239 g/mol. The topological polar surface area (TPSA) is 84.2 Å². The van der Waals surface area contributed by atoms with Gasteiger partial charge in [0.25, 0.3) is 0 Å². The summed E-state index contributed by atoms with van der Waals surface area (Å²) in [5.41, 5.74) is 6.62. The Labute approximate surface area is 96.8 Å². The molecule has 0 amide bonds. The fourth-order valence-electron chi connectivity index (χ4n) is 1.43. The van der Waals surface area contributed by atoms with E-state index in [1.807, 2.05) is 0 Å². The van der Waals surface area contributed by atoms with Crippen molar-refractivity contribution in [2.75, 3.05) is 12.8 Å². The van der Waals surface area contributed by atoms with Crippen LogP contribution in [0.2, 0.25) is 5.02 Å². The smallest absolute Gasteiger partial charge is 0.179 e. The molecule has 0 spiro atoms. The maximum Gasteiger partial charge on any atom is 0.179 e. The fourth-order valence-corrected chi connectivity index (χ4v) is 1.66. The first-order valence-electron chi connectivity index (χ1n) is 4.50. The zero-order chi connectivity index (χ0) is 11.7. The van der Waals surface area contributed by atoms with Crippen molar-refractivity contribution in [3.63, 3.8) is 0 Å². The van der Waals surface area contributed by atoms with Crippen molar-refractivity contribution in [2.24, 2.45) is 0 Å². The van der Waals surface area contributed by atoms with Gasteiger partial charge in [0, 0.05) is 11.6 Å². The molecule has 0 atom stereocenters. The van der Waals surface area contributed by atoms with E-state index in [0.29, 0.717) is 22.1 Å². The first-order valence-corrected chi connectivity index (χ1v) is 4.88. The number of hydrogen-bond donors (Lipinski definition) is 3. The number of nitrogens with two attached hydrogens (primary N) is 1. The third kappa shape index (κ3) is 1.65. The van der Waals surface area contributed by atoms with E-state index in [1.165, 1.54) is 7.11 Å². The van der Waals surface area contributed by atoms with Gasteiger partial charge in [-0.25, -0.2) is 0 Å². The maximum absolute atomic E-state index is 9.93. The molecular formula is C10H10ClN3O2. The number of ether oxygens (including phenoxy) is 1. The lowest BCUT2D eigenvalue weighted by molar-refractivity contribution is 0.374. The van der Waals surface area contributed by atoms with E-state index in [4.69, 9.17) is 22.1 Å². The van der Waals surface area contributed by atoms with Gasteiger partial charge in [0.1, 0.15) is 5.82 Å². The Morgan fingerprint density at radius 1 is 1.50 bits per heavy atom. The minimum absolute atomic E-state index is 0.0429. The quantitative estimate of drug-likeness (QED) is 0.749. The zero-order valence-electron chi connectivity index (χ0n) is 8.49. The van der Waals surface area contributed by atoms with Gasteiger partial charge in [-0.15, -0.1) is 0 Å². The molecule has 2 aromatic rings. The van der Waals surface area contributed by atoms with Gasteiger partial charge in [0.15, 0.2) is 11.5 Å². The molecule has 1 heterocycles. The average molecular weight is 240 g/mol. The van der Waals surface area contributed by atoms with Crippen molar-refractivity contribution in [3.05, 3.63) is 23.2 Å². The van der Waals surface area contributed by atoms with Crippen LogP contribution in [-0.2, 0) is 0 Å². The summed E-state index contributed by atoms with van der Waals surface area (Å²) in [6, 6.07) is 4.90. The van der Waals surface area contributed by atoms with Gasteiger partial charge in [-0.05, 0) is 12.1 Å². The lowest BCUT2D eigenvalue weighted by Crippen LogP contribution is -1.88. The number of nitrogens with zero attached hydrogens (tertiary/aromatic N) is 1. The highest BCUT2D eigenvalue weighted by Crippen LogP contribution is 2.41. The summed E-state index contributed by atoms with van der Waals surface area (Å²) in [5, 5.41) is 16.8.